The lowest BCUT2D eigenvalue weighted by molar-refractivity contribution is -0.159. The lowest BCUT2D eigenvalue weighted by Gasteiger charge is -2.30. The van der Waals surface area contributed by atoms with E-state index < -0.39 is 19.8 Å². The van der Waals surface area contributed by atoms with Gasteiger partial charge in [0.15, 0.2) is 5.79 Å². The Morgan fingerprint density at radius 2 is 1.98 bits per heavy atom. The predicted octanol–water partition coefficient (Wildman–Crippen LogP) is 5.78. The Bertz CT molecular complexity index is 1590. The summed E-state index contributed by atoms with van der Waals surface area (Å²) in [7, 11) is 0.248. The number of pyridine rings is 1. The molecule has 1 spiro atoms. The molecule has 1 aliphatic heterocycles. The van der Waals surface area contributed by atoms with Crippen molar-refractivity contribution in [2.45, 2.75) is 57.5 Å². The average Bonchev–Trinajstić information content (AvgIpc) is 3.68. The molecule has 1 aliphatic carbocycles. The number of carbonyl (C=O) groups is 1. The molecule has 0 bridgehead atoms. The highest BCUT2D eigenvalue weighted by molar-refractivity contribution is 6.76. The van der Waals surface area contributed by atoms with E-state index in [1.54, 1.807) is 10.9 Å². The SMILES string of the molecule is COC(=O)c1ccc(C2=CCC3(CC2)OCCO3)cc1-n1ncc2nc3c(ccn3COCC[Si](C)(C)C)cc21. The van der Waals surface area contributed by atoms with Crippen LogP contribution in [0, 0.1) is 0 Å². The Balaban J connectivity index is 1.33. The number of hydrogen-bond acceptors (Lipinski definition) is 7. The number of aromatic nitrogens is 4. The number of carbonyl (C=O) groups excluding carboxylic acids is 1. The van der Waals surface area contributed by atoms with Crippen LogP contribution >= 0.6 is 0 Å². The van der Waals surface area contributed by atoms with Gasteiger partial charge in [-0.25, -0.2) is 14.5 Å². The van der Waals surface area contributed by atoms with Gasteiger partial charge >= 0.3 is 5.97 Å². The minimum atomic E-state index is -1.15. The third-order valence-corrected chi connectivity index (χ3v) is 9.45. The second-order valence-electron chi connectivity index (χ2n) is 11.8. The molecule has 0 amide bonds. The molecule has 0 N–H and O–H groups in total. The van der Waals surface area contributed by atoms with Gasteiger partial charge in [0.1, 0.15) is 17.9 Å². The summed E-state index contributed by atoms with van der Waals surface area (Å²) in [5.74, 6) is -0.895. The van der Waals surface area contributed by atoms with E-state index in [-0.39, 0.29) is 0 Å². The highest BCUT2D eigenvalue weighted by Gasteiger charge is 2.37. The second-order valence-corrected chi connectivity index (χ2v) is 17.4. The van der Waals surface area contributed by atoms with Gasteiger partial charge in [-0.3, -0.25) is 0 Å². The Labute approximate surface area is 234 Å². The third kappa shape index (κ3) is 5.24. The average molecular weight is 561 g/mol. The van der Waals surface area contributed by atoms with Crippen LogP contribution < -0.4 is 0 Å². The summed E-state index contributed by atoms with van der Waals surface area (Å²) < 4.78 is 26.7. The predicted molar refractivity (Wildman–Crippen MR) is 156 cm³/mol. The van der Waals surface area contributed by atoms with Gasteiger partial charge in [-0.2, -0.15) is 5.10 Å². The normalized spacial score (nSPS) is 17.1. The molecule has 2 aliphatic rings. The summed E-state index contributed by atoms with van der Waals surface area (Å²) in [6.07, 6.45) is 8.27. The number of benzene rings is 1. The molecule has 0 unspecified atom stereocenters. The minimum absolute atomic E-state index is 0.412. The Morgan fingerprint density at radius 1 is 1.15 bits per heavy atom. The largest absolute Gasteiger partial charge is 0.465 e. The number of nitrogens with zero attached hydrogens (tertiary/aromatic N) is 4. The van der Waals surface area contributed by atoms with Crippen molar-refractivity contribution in [3.05, 3.63) is 59.9 Å². The lowest BCUT2D eigenvalue weighted by Crippen LogP contribution is -2.31. The molecule has 0 atom stereocenters. The highest BCUT2D eigenvalue weighted by atomic mass is 28.3. The number of methoxy groups -OCH3 is 1. The van der Waals surface area contributed by atoms with Crippen LogP contribution in [-0.2, 0) is 25.7 Å². The summed E-state index contributed by atoms with van der Waals surface area (Å²) >= 11 is 0. The standard InChI is InChI=1S/C30H36N4O5Si/c1-36-29(35)24-6-5-22(21-7-10-30(11-8-21)38-13-14-39-30)17-26(24)34-27-18-23-9-12-33(20-37-15-16-40(2,3)4)28(23)32-25(27)19-31-34/h5-7,9,12,17-19H,8,10-11,13-16,20H2,1-4H3. The van der Waals surface area contributed by atoms with E-state index in [9.17, 15) is 4.79 Å². The number of allylic oxidation sites excluding steroid dienone is 1. The van der Waals surface area contributed by atoms with Gasteiger partial charge < -0.3 is 23.5 Å². The zero-order valence-corrected chi connectivity index (χ0v) is 24.6. The number of ether oxygens (including phenoxy) is 4. The number of esters is 1. The minimum Gasteiger partial charge on any atom is -0.465 e. The van der Waals surface area contributed by atoms with Crippen molar-refractivity contribution in [1.82, 2.24) is 19.3 Å². The summed E-state index contributed by atoms with van der Waals surface area (Å²) in [4.78, 5) is 17.7. The Morgan fingerprint density at radius 3 is 2.70 bits per heavy atom. The van der Waals surface area contributed by atoms with Crippen LogP contribution in [0.1, 0.15) is 35.2 Å². The molecule has 10 heteroatoms. The molecular weight excluding hydrogens is 524 g/mol. The molecule has 9 nitrogen and oxygen atoms in total. The third-order valence-electron chi connectivity index (χ3n) is 7.75. The van der Waals surface area contributed by atoms with E-state index >= 15 is 0 Å². The summed E-state index contributed by atoms with van der Waals surface area (Å²) in [5, 5.41) is 5.65. The quantitative estimate of drug-likeness (QED) is 0.153. The van der Waals surface area contributed by atoms with E-state index in [0.717, 1.165) is 53.1 Å². The van der Waals surface area contributed by atoms with Crippen LogP contribution in [0.3, 0.4) is 0 Å². The van der Waals surface area contributed by atoms with E-state index in [1.807, 2.05) is 35.0 Å². The summed E-state index contributed by atoms with van der Waals surface area (Å²) in [5.41, 5.74) is 5.74. The van der Waals surface area contributed by atoms with Crippen LogP contribution in [0.5, 0.6) is 0 Å². The van der Waals surface area contributed by atoms with Crippen molar-refractivity contribution >= 4 is 41.7 Å². The maximum atomic E-state index is 12.8. The first-order valence-electron chi connectivity index (χ1n) is 13.9. The van der Waals surface area contributed by atoms with Gasteiger partial charge in [0, 0.05) is 39.1 Å². The lowest BCUT2D eigenvalue weighted by atomic mass is 9.89. The fourth-order valence-corrected chi connectivity index (χ4v) is 6.17. The van der Waals surface area contributed by atoms with Crippen molar-refractivity contribution < 1.29 is 23.7 Å². The summed E-state index contributed by atoms with van der Waals surface area (Å²) in [6.45, 7) is 9.54. The zero-order chi connectivity index (χ0) is 27.9. The molecule has 1 aromatic carbocycles. The molecule has 0 saturated carbocycles. The van der Waals surface area contributed by atoms with E-state index in [1.165, 1.54) is 12.7 Å². The number of fused-ring (bicyclic) bond motifs is 2. The van der Waals surface area contributed by atoms with Gasteiger partial charge in [0.25, 0.3) is 0 Å². The van der Waals surface area contributed by atoms with E-state index in [2.05, 4.69) is 36.9 Å². The molecular formula is C30H36N4O5Si. The molecule has 3 aromatic heterocycles. The molecule has 40 heavy (non-hydrogen) atoms. The molecule has 210 valence electrons. The Hall–Kier alpha value is -3.31. The highest BCUT2D eigenvalue weighted by Crippen LogP contribution is 2.39. The van der Waals surface area contributed by atoms with Crippen molar-refractivity contribution in [3.8, 4) is 5.69 Å². The molecule has 1 saturated heterocycles. The molecule has 1 fully saturated rings. The first-order chi connectivity index (χ1) is 19.3. The number of rotatable bonds is 8. The van der Waals surface area contributed by atoms with Crippen LogP contribution in [0.15, 0.2) is 48.8 Å². The van der Waals surface area contributed by atoms with Crippen LogP contribution in [0.2, 0.25) is 25.7 Å². The van der Waals surface area contributed by atoms with Gasteiger partial charge in [0.05, 0.1) is 43.3 Å². The molecule has 0 radical (unpaired) electrons. The smallest absolute Gasteiger partial charge is 0.340 e. The second kappa shape index (κ2) is 10.6. The van der Waals surface area contributed by atoms with E-state index in [4.69, 9.17) is 23.9 Å². The fourth-order valence-electron chi connectivity index (χ4n) is 5.41. The van der Waals surface area contributed by atoms with Gasteiger partial charge in [0.2, 0.25) is 0 Å². The van der Waals surface area contributed by atoms with Gasteiger partial charge in [-0.1, -0.05) is 31.8 Å². The van der Waals surface area contributed by atoms with Gasteiger partial charge in [-0.15, -0.1) is 0 Å². The maximum absolute atomic E-state index is 12.8. The van der Waals surface area contributed by atoms with Crippen molar-refractivity contribution in [2.24, 2.45) is 0 Å². The van der Waals surface area contributed by atoms with Crippen molar-refractivity contribution in [3.63, 3.8) is 0 Å². The molecule has 4 aromatic rings. The Kier molecular flexibility index (Phi) is 7.12. The zero-order valence-electron chi connectivity index (χ0n) is 23.6. The van der Waals surface area contributed by atoms with Gasteiger partial charge in [-0.05, 0) is 47.9 Å². The maximum Gasteiger partial charge on any atom is 0.340 e. The summed E-state index contributed by atoms with van der Waals surface area (Å²) in [6, 6.07) is 11.0. The number of hydrogen-bond donors (Lipinski definition) is 0. The fraction of sp³-hybridized carbons (Fsp3) is 0.433. The van der Waals surface area contributed by atoms with Crippen LogP contribution in [0.4, 0.5) is 0 Å². The first-order valence-corrected chi connectivity index (χ1v) is 17.6. The van der Waals surface area contributed by atoms with E-state index in [0.29, 0.717) is 37.6 Å². The monoisotopic (exact) mass is 560 g/mol. The van der Waals surface area contributed by atoms with Crippen LogP contribution in [-0.4, -0.2) is 66.1 Å². The van der Waals surface area contributed by atoms with Crippen molar-refractivity contribution in [1.29, 1.82) is 0 Å². The topological polar surface area (TPSA) is 89.6 Å². The van der Waals surface area contributed by atoms with Crippen LogP contribution in [0.25, 0.3) is 33.3 Å². The van der Waals surface area contributed by atoms with Crippen molar-refractivity contribution in [2.75, 3.05) is 26.9 Å². The molecule has 6 rings (SSSR count). The first kappa shape index (κ1) is 26.9. The molecule has 4 heterocycles.